The fraction of sp³-hybridized carbons (Fsp3) is 0.600. The van der Waals surface area contributed by atoms with E-state index in [1.54, 1.807) is 0 Å². The van der Waals surface area contributed by atoms with Crippen molar-refractivity contribution in [3.05, 3.63) is 35.9 Å². The van der Waals surface area contributed by atoms with Crippen LogP contribution < -0.4 is 5.32 Å². The van der Waals surface area contributed by atoms with E-state index in [-0.39, 0.29) is 12.6 Å². The second-order valence-corrected chi connectivity index (χ2v) is 5.31. The van der Waals surface area contributed by atoms with Crippen LogP contribution in [0.4, 0.5) is 0 Å². The van der Waals surface area contributed by atoms with Crippen LogP contribution in [-0.2, 0) is 6.42 Å². The highest BCUT2D eigenvalue weighted by atomic mass is 16.3. The molecule has 0 aromatic heterocycles. The van der Waals surface area contributed by atoms with Crippen LogP contribution in [0.25, 0.3) is 0 Å². The van der Waals surface area contributed by atoms with Crippen LogP contribution in [0.5, 0.6) is 0 Å². The molecule has 1 atom stereocenters. The summed E-state index contributed by atoms with van der Waals surface area (Å²) >= 11 is 0. The first kappa shape index (κ1) is 13.5. The third-order valence-corrected chi connectivity index (χ3v) is 3.74. The quantitative estimate of drug-likeness (QED) is 0.824. The van der Waals surface area contributed by atoms with Gasteiger partial charge in [-0.2, -0.15) is 0 Å². The van der Waals surface area contributed by atoms with Crippen molar-refractivity contribution in [3.63, 3.8) is 0 Å². The van der Waals surface area contributed by atoms with E-state index in [1.807, 2.05) is 6.07 Å². The maximum absolute atomic E-state index is 9.50. The molecule has 1 aromatic rings. The second kappa shape index (κ2) is 6.88. The van der Waals surface area contributed by atoms with Crippen molar-refractivity contribution in [1.82, 2.24) is 10.2 Å². The highest BCUT2D eigenvalue weighted by Gasteiger charge is 2.19. The van der Waals surface area contributed by atoms with Gasteiger partial charge < -0.3 is 15.3 Å². The molecule has 1 heterocycles. The number of aliphatic hydroxyl groups excluding tert-OH is 1. The van der Waals surface area contributed by atoms with Crippen LogP contribution in [0.15, 0.2) is 30.3 Å². The fourth-order valence-corrected chi connectivity index (χ4v) is 2.58. The van der Waals surface area contributed by atoms with E-state index in [0.717, 1.165) is 19.5 Å². The Bertz CT molecular complexity index is 334. The Morgan fingerprint density at radius 3 is 2.56 bits per heavy atom. The van der Waals surface area contributed by atoms with Crippen molar-refractivity contribution in [2.45, 2.75) is 31.3 Å². The van der Waals surface area contributed by atoms with Gasteiger partial charge in [-0.05, 0) is 45.0 Å². The lowest BCUT2D eigenvalue weighted by Crippen LogP contribution is -2.47. The third-order valence-electron chi connectivity index (χ3n) is 3.74. The molecule has 1 aliphatic rings. The van der Waals surface area contributed by atoms with Gasteiger partial charge in [0.15, 0.2) is 0 Å². The number of rotatable bonds is 5. The first-order chi connectivity index (χ1) is 8.78. The molecule has 0 amide bonds. The third kappa shape index (κ3) is 4.09. The molecule has 2 rings (SSSR count). The molecule has 1 fully saturated rings. The minimum absolute atomic E-state index is 0.181. The van der Waals surface area contributed by atoms with Gasteiger partial charge in [-0.1, -0.05) is 30.3 Å². The Morgan fingerprint density at radius 2 is 1.94 bits per heavy atom. The topological polar surface area (TPSA) is 35.5 Å². The van der Waals surface area contributed by atoms with Crippen LogP contribution in [0, 0.1) is 0 Å². The van der Waals surface area contributed by atoms with E-state index in [2.05, 4.69) is 41.5 Å². The Hall–Kier alpha value is -0.900. The molecule has 0 spiro atoms. The molecular formula is C15H24N2O. The number of hydrogen-bond acceptors (Lipinski definition) is 3. The maximum Gasteiger partial charge on any atom is 0.0587 e. The van der Waals surface area contributed by atoms with Gasteiger partial charge in [0.25, 0.3) is 0 Å². The van der Waals surface area contributed by atoms with Crippen molar-refractivity contribution in [2.75, 3.05) is 26.7 Å². The first-order valence-corrected chi connectivity index (χ1v) is 6.87. The van der Waals surface area contributed by atoms with Crippen molar-refractivity contribution >= 4 is 0 Å². The van der Waals surface area contributed by atoms with Gasteiger partial charge >= 0.3 is 0 Å². The predicted molar refractivity (Wildman–Crippen MR) is 74.7 cm³/mol. The lowest BCUT2D eigenvalue weighted by atomic mass is 10.0. The molecule has 2 N–H and O–H groups in total. The second-order valence-electron chi connectivity index (χ2n) is 5.31. The lowest BCUT2D eigenvalue weighted by molar-refractivity contribution is 0.189. The number of piperidine rings is 1. The fourth-order valence-electron chi connectivity index (χ4n) is 2.58. The number of nitrogens with one attached hydrogen (secondary N) is 1. The molecule has 1 saturated heterocycles. The molecule has 1 aromatic carbocycles. The average Bonchev–Trinajstić information content (AvgIpc) is 2.41. The van der Waals surface area contributed by atoms with E-state index >= 15 is 0 Å². The van der Waals surface area contributed by atoms with Gasteiger partial charge in [0, 0.05) is 12.1 Å². The molecular weight excluding hydrogens is 224 g/mol. The summed E-state index contributed by atoms with van der Waals surface area (Å²) in [4.78, 5) is 2.36. The van der Waals surface area contributed by atoms with Crippen molar-refractivity contribution < 1.29 is 5.11 Å². The zero-order chi connectivity index (χ0) is 12.8. The highest BCUT2D eigenvalue weighted by molar-refractivity contribution is 5.16. The van der Waals surface area contributed by atoms with Crippen LogP contribution in [0.1, 0.15) is 18.4 Å². The van der Waals surface area contributed by atoms with Gasteiger partial charge in [0.1, 0.15) is 0 Å². The van der Waals surface area contributed by atoms with Crippen molar-refractivity contribution in [3.8, 4) is 0 Å². The van der Waals surface area contributed by atoms with Gasteiger partial charge in [-0.25, -0.2) is 0 Å². The Labute approximate surface area is 110 Å². The van der Waals surface area contributed by atoms with Gasteiger partial charge in [0.05, 0.1) is 6.61 Å². The average molecular weight is 248 g/mol. The van der Waals surface area contributed by atoms with E-state index < -0.39 is 0 Å². The molecule has 18 heavy (non-hydrogen) atoms. The molecule has 0 bridgehead atoms. The molecule has 100 valence electrons. The molecule has 0 radical (unpaired) electrons. The van der Waals surface area contributed by atoms with Crippen LogP contribution in [0.3, 0.4) is 0 Å². The van der Waals surface area contributed by atoms with E-state index in [0.29, 0.717) is 6.04 Å². The Morgan fingerprint density at radius 1 is 1.28 bits per heavy atom. The first-order valence-electron chi connectivity index (χ1n) is 6.87. The molecule has 1 aliphatic heterocycles. The van der Waals surface area contributed by atoms with E-state index in [9.17, 15) is 5.11 Å². The summed E-state index contributed by atoms with van der Waals surface area (Å²) < 4.78 is 0. The van der Waals surface area contributed by atoms with E-state index in [1.165, 1.54) is 18.4 Å². The summed E-state index contributed by atoms with van der Waals surface area (Å²) in [5.41, 5.74) is 1.29. The molecule has 3 nitrogen and oxygen atoms in total. The van der Waals surface area contributed by atoms with Crippen molar-refractivity contribution in [1.29, 1.82) is 0 Å². The van der Waals surface area contributed by atoms with Crippen LogP contribution >= 0.6 is 0 Å². The number of likely N-dealkylation sites (tertiary alicyclic amines) is 1. The smallest absolute Gasteiger partial charge is 0.0587 e. The number of hydrogen-bond donors (Lipinski definition) is 2. The minimum Gasteiger partial charge on any atom is -0.395 e. The summed E-state index contributed by atoms with van der Waals surface area (Å²) in [7, 11) is 2.17. The Kier molecular flexibility index (Phi) is 5.17. The van der Waals surface area contributed by atoms with Gasteiger partial charge in [0.2, 0.25) is 0 Å². The molecule has 0 unspecified atom stereocenters. The maximum atomic E-state index is 9.50. The normalized spacial score (nSPS) is 19.9. The lowest BCUT2D eigenvalue weighted by Gasteiger charge is -2.32. The summed E-state index contributed by atoms with van der Waals surface area (Å²) in [6, 6.07) is 11.1. The van der Waals surface area contributed by atoms with Crippen molar-refractivity contribution in [2.24, 2.45) is 0 Å². The zero-order valence-electron chi connectivity index (χ0n) is 11.2. The molecule has 0 saturated carbocycles. The molecule has 0 aliphatic carbocycles. The number of nitrogens with zero attached hydrogens (tertiary/aromatic N) is 1. The summed E-state index contributed by atoms with van der Waals surface area (Å²) in [5, 5.41) is 13.1. The SMILES string of the molecule is CN1CCC(N[C@@H](CO)Cc2ccccc2)CC1. The number of aliphatic hydroxyl groups is 1. The summed E-state index contributed by atoms with van der Waals surface area (Å²) in [6.45, 7) is 2.52. The summed E-state index contributed by atoms with van der Waals surface area (Å²) in [6.07, 6.45) is 3.27. The van der Waals surface area contributed by atoms with E-state index in [4.69, 9.17) is 0 Å². The monoisotopic (exact) mass is 248 g/mol. The standard InChI is InChI=1S/C15H24N2O/c1-17-9-7-14(8-10-17)16-15(12-18)11-13-5-3-2-4-6-13/h2-6,14-16,18H,7-12H2,1H3/t15-/m1/s1. The Balaban J connectivity index is 1.82. The van der Waals surface area contributed by atoms with Crippen LogP contribution in [-0.4, -0.2) is 48.8 Å². The minimum atomic E-state index is 0.181. The predicted octanol–water partition coefficient (Wildman–Crippen LogP) is 1.27. The van der Waals surface area contributed by atoms with Crippen LogP contribution in [0.2, 0.25) is 0 Å². The largest absolute Gasteiger partial charge is 0.395 e. The number of benzene rings is 1. The highest BCUT2D eigenvalue weighted by Crippen LogP contribution is 2.11. The van der Waals surface area contributed by atoms with Gasteiger partial charge in [-0.3, -0.25) is 0 Å². The molecule has 3 heteroatoms. The summed E-state index contributed by atoms with van der Waals surface area (Å²) in [5.74, 6) is 0. The zero-order valence-corrected chi connectivity index (χ0v) is 11.2. The van der Waals surface area contributed by atoms with Gasteiger partial charge in [-0.15, -0.1) is 0 Å².